The third-order valence-electron chi connectivity index (χ3n) is 4.78. The number of anilines is 1. The summed E-state index contributed by atoms with van der Waals surface area (Å²) in [4.78, 5) is 4.71. The van der Waals surface area contributed by atoms with Gasteiger partial charge >= 0.3 is 0 Å². The maximum atomic E-state index is 5.73. The smallest absolute Gasteiger partial charge is 0.253 e. The second kappa shape index (κ2) is 8.75. The summed E-state index contributed by atoms with van der Waals surface area (Å²) in [5.41, 5.74) is 1.22. The third-order valence-corrected chi connectivity index (χ3v) is 4.78. The number of methoxy groups -OCH3 is 1. The molecule has 3 aromatic rings. The number of ether oxygens (including phenoxy) is 2. The molecule has 1 saturated heterocycles. The standard InChI is InChI=1S/C21H24N4O3/c1-26-18-9-7-17(8-10-18)25-13-11-24(12-14-25)15-20-22-23-21(28-20)16-27-19-5-3-2-4-6-19/h2-10H,11-16H2,1H3. The van der Waals surface area contributed by atoms with Crippen LogP contribution in [0, 0.1) is 0 Å². The predicted octanol–water partition coefficient (Wildman–Crippen LogP) is 2.98. The molecular formula is C21H24N4O3. The number of aromatic nitrogens is 2. The van der Waals surface area contributed by atoms with Crippen LogP contribution in [0.5, 0.6) is 11.5 Å². The van der Waals surface area contributed by atoms with Gasteiger partial charge in [-0.25, -0.2) is 0 Å². The molecule has 0 N–H and O–H groups in total. The second-order valence-electron chi connectivity index (χ2n) is 6.65. The molecule has 0 saturated carbocycles. The van der Waals surface area contributed by atoms with Crippen molar-refractivity contribution in [2.24, 2.45) is 0 Å². The van der Waals surface area contributed by atoms with Crippen LogP contribution in [-0.4, -0.2) is 48.4 Å². The van der Waals surface area contributed by atoms with E-state index in [0.29, 0.717) is 18.3 Å². The molecule has 1 aliphatic rings. The minimum atomic E-state index is 0.280. The number of nitrogens with zero attached hydrogens (tertiary/aromatic N) is 4. The Morgan fingerprint density at radius 2 is 1.57 bits per heavy atom. The summed E-state index contributed by atoms with van der Waals surface area (Å²) in [6.45, 7) is 4.76. The highest BCUT2D eigenvalue weighted by Crippen LogP contribution is 2.21. The molecule has 0 atom stereocenters. The van der Waals surface area contributed by atoms with Gasteiger partial charge in [-0.05, 0) is 36.4 Å². The summed E-state index contributed by atoms with van der Waals surface area (Å²) in [7, 11) is 1.69. The Balaban J connectivity index is 1.25. The molecule has 0 bridgehead atoms. The molecule has 0 amide bonds. The fourth-order valence-corrected chi connectivity index (χ4v) is 3.22. The molecule has 0 aliphatic carbocycles. The number of hydrogen-bond donors (Lipinski definition) is 0. The summed E-state index contributed by atoms with van der Waals surface area (Å²) in [5.74, 6) is 2.79. The van der Waals surface area contributed by atoms with Crippen molar-refractivity contribution in [3.05, 3.63) is 66.4 Å². The summed E-state index contributed by atoms with van der Waals surface area (Å²) < 4.78 is 16.6. The van der Waals surface area contributed by atoms with Crippen LogP contribution < -0.4 is 14.4 Å². The number of rotatable bonds is 7. The zero-order valence-corrected chi connectivity index (χ0v) is 16.0. The molecule has 2 heterocycles. The first-order chi connectivity index (χ1) is 13.8. The lowest BCUT2D eigenvalue weighted by Crippen LogP contribution is -2.46. The lowest BCUT2D eigenvalue weighted by molar-refractivity contribution is 0.214. The van der Waals surface area contributed by atoms with Gasteiger partial charge in [0, 0.05) is 31.9 Å². The Bertz CT molecular complexity index is 859. The van der Waals surface area contributed by atoms with E-state index in [9.17, 15) is 0 Å². The van der Waals surface area contributed by atoms with Gasteiger partial charge in [0.25, 0.3) is 5.89 Å². The highest BCUT2D eigenvalue weighted by molar-refractivity contribution is 5.49. The molecule has 7 nitrogen and oxygen atoms in total. The molecule has 28 heavy (non-hydrogen) atoms. The van der Waals surface area contributed by atoms with E-state index >= 15 is 0 Å². The van der Waals surface area contributed by atoms with Gasteiger partial charge in [0.15, 0.2) is 6.61 Å². The lowest BCUT2D eigenvalue weighted by atomic mass is 10.2. The zero-order valence-electron chi connectivity index (χ0n) is 16.0. The number of para-hydroxylation sites is 1. The second-order valence-corrected chi connectivity index (χ2v) is 6.65. The van der Waals surface area contributed by atoms with Crippen molar-refractivity contribution >= 4 is 5.69 Å². The zero-order chi connectivity index (χ0) is 19.2. The summed E-state index contributed by atoms with van der Waals surface area (Å²) in [5, 5.41) is 8.24. The van der Waals surface area contributed by atoms with Crippen LogP contribution >= 0.6 is 0 Å². The fourth-order valence-electron chi connectivity index (χ4n) is 3.22. The molecule has 4 rings (SSSR count). The normalized spacial score (nSPS) is 14.8. The SMILES string of the molecule is COc1ccc(N2CCN(Cc3nnc(COc4ccccc4)o3)CC2)cc1. The quantitative estimate of drug-likeness (QED) is 0.624. The minimum absolute atomic E-state index is 0.280. The van der Waals surface area contributed by atoms with E-state index in [1.165, 1.54) is 5.69 Å². The van der Waals surface area contributed by atoms with Crippen molar-refractivity contribution in [3.63, 3.8) is 0 Å². The van der Waals surface area contributed by atoms with Crippen LogP contribution in [0.15, 0.2) is 59.0 Å². The van der Waals surface area contributed by atoms with Crippen LogP contribution in [0.1, 0.15) is 11.8 Å². The summed E-state index contributed by atoms with van der Waals surface area (Å²) in [6.07, 6.45) is 0. The van der Waals surface area contributed by atoms with E-state index in [4.69, 9.17) is 13.9 Å². The number of benzene rings is 2. The van der Waals surface area contributed by atoms with Gasteiger partial charge in [0.1, 0.15) is 11.5 Å². The van der Waals surface area contributed by atoms with E-state index in [0.717, 1.165) is 37.7 Å². The molecule has 0 spiro atoms. The lowest BCUT2D eigenvalue weighted by Gasteiger charge is -2.35. The van der Waals surface area contributed by atoms with E-state index in [1.807, 2.05) is 42.5 Å². The van der Waals surface area contributed by atoms with Crippen LogP contribution in [0.4, 0.5) is 5.69 Å². The molecule has 146 valence electrons. The van der Waals surface area contributed by atoms with Crippen molar-refractivity contribution in [1.82, 2.24) is 15.1 Å². The van der Waals surface area contributed by atoms with Gasteiger partial charge in [0.05, 0.1) is 13.7 Å². The third kappa shape index (κ3) is 4.61. The van der Waals surface area contributed by atoms with Crippen molar-refractivity contribution in [2.75, 3.05) is 38.2 Å². The topological polar surface area (TPSA) is 63.9 Å². The monoisotopic (exact) mass is 380 g/mol. The van der Waals surface area contributed by atoms with Crippen LogP contribution in [0.2, 0.25) is 0 Å². The van der Waals surface area contributed by atoms with E-state index in [2.05, 4.69) is 32.1 Å². The minimum Gasteiger partial charge on any atom is -0.497 e. The van der Waals surface area contributed by atoms with Crippen LogP contribution in [0.3, 0.4) is 0 Å². The molecule has 1 aliphatic heterocycles. The largest absolute Gasteiger partial charge is 0.497 e. The van der Waals surface area contributed by atoms with Gasteiger partial charge in [-0.1, -0.05) is 18.2 Å². The average molecular weight is 380 g/mol. The first kappa shape index (κ1) is 18.3. The number of hydrogen-bond acceptors (Lipinski definition) is 7. The molecule has 1 aromatic heterocycles. The van der Waals surface area contributed by atoms with Gasteiger partial charge in [-0.2, -0.15) is 0 Å². The highest BCUT2D eigenvalue weighted by Gasteiger charge is 2.19. The average Bonchev–Trinajstić information content (AvgIpc) is 3.21. The molecule has 2 aromatic carbocycles. The molecular weight excluding hydrogens is 356 g/mol. The van der Waals surface area contributed by atoms with Crippen molar-refractivity contribution < 1.29 is 13.9 Å². The maximum Gasteiger partial charge on any atom is 0.253 e. The Hall–Kier alpha value is -3.06. The van der Waals surface area contributed by atoms with Crippen LogP contribution in [-0.2, 0) is 13.2 Å². The van der Waals surface area contributed by atoms with Crippen LogP contribution in [0.25, 0.3) is 0 Å². The Morgan fingerprint density at radius 1 is 0.857 bits per heavy atom. The number of piperazine rings is 1. The molecule has 1 fully saturated rings. The van der Waals surface area contributed by atoms with Crippen molar-refractivity contribution in [1.29, 1.82) is 0 Å². The molecule has 7 heteroatoms. The summed E-state index contributed by atoms with van der Waals surface area (Å²) in [6, 6.07) is 17.8. The maximum absolute atomic E-state index is 5.73. The summed E-state index contributed by atoms with van der Waals surface area (Å²) >= 11 is 0. The Morgan fingerprint density at radius 3 is 2.29 bits per heavy atom. The fraction of sp³-hybridized carbons (Fsp3) is 0.333. The first-order valence-electron chi connectivity index (χ1n) is 9.40. The van der Waals surface area contributed by atoms with Gasteiger partial charge < -0.3 is 18.8 Å². The van der Waals surface area contributed by atoms with Gasteiger partial charge in [0.2, 0.25) is 5.89 Å². The van der Waals surface area contributed by atoms with Crippen molar-refractivity contribution in [2.45, 2.75) is 13.2 Å². The van der Waals surface area contributed by atoms with E-state index < -0.39 is 0 Å². The predicted molar refractivity (Wildman–Crippen MR) is 106 cm³/mol. The van der Waals surface area contributed by atoms with Gasteiger partial charge in [-0.3, -0.25) is 4.90 Å². The van der Waals surface area contributed by atoms with E-state index in [1.54, 1.807) is 7.11 Å². The van der Waals surface area contributed by atoms with Crippen molar-refractivity contribution in [3.8, 4) is 11.5 Å². The Labute approximate surface area is 164 Å². The molecule has 0 radical (unpaired) electrons. The Kier molecular flexibility index (Phi) is 5.72. The first-order valence-corrected chi connectivity index (χ1v) is 9.40. The van der Waals surface area contributed by atoms with Gasteiger partial charge in [-0.15, -0.1) is 10.2 Å². The highest BCUT2D eigenvalue weighted by atomic mass is 16.5. The molecule has 0 unspecified atom stereocenters. The van der Waals surface area contributed by atoms with E-state index in [-0.39, 0.29) is 6.61 Å².